The van der Waals surface area contributed by atoms with Crippen molar-refractivity contribution in [2.24, 2.45) is 0 Å². The quantitative estimate of drug-likeness (QED) is 0.295. The molecular weight excluding hydrogens is 453 g/mol. The number of fused-ring (bicyclic) bond motifs is 1. The third-order valence-corrected chi connectivity index (χ3v) is 6.91. The minimum atomic E-state index is -0.805. The summed E-state index contributed by atoms with van der Waals surface area (Å²) >= 11 is 0. The molecule has 0 aliphatic carbocycles. The normalized spacial score (nSPS) is 14.2. The highest BCUT2D eigenvalue weighted by Gasteiger charge is 2.31. The monoisotopic (exact) mass is 485 g/mol. The fourth-order valence-corrected chi connectivity index (χ4v) is 5.34. The summed E-state index contributed by atoms with van der Waals surface area (Å²) in [4.78, 5) is 17.8. The fraction of sp³-hybridized carbons (Fsp3) is 0.355. The first-order valence-electron chi connectivity index (χ1n) is 12.6. The lowest BCUT2D eigenvalue weighted by Gasteiger charge is -2.30. The molecule has 36 heavy (non-hydrogen) atoms. The van der Waals surface area contributed by atoms with E-state index in [1.165, 1.54) is 5.56 Å². The molecule has 4 nitrogen and oxygen atoms in total. The average Bonchev–Trinajstić information content (AvgIpc) is 2.83. The minimum absolute atomic E-state index is 0.0988. The first-order valence-corrected chi connectivity index (χ1v) is 12.6. The number of aromatic nitrogens is 1. The highest BCUT2D eigenvalue weighted by molar-refractivity contribution is 6.09. The van der Waals surface area contributed by atoms with Crippen LogP contribution in [0, 0.1) is 12.7 Å². The predicted molar refractivity (Wildman–Crippen MR) is 142 cm³/mol. The zero-order valence-electron chi connectivity index (χ0n) is 21.8. The lowest BCUT2D eigenvalue weighted by atomic mass is 9.84. The summed E-state index contributed by atoms with van der Waals surface area (Å²) in [6.07, 6.45) is 2.41. The molecule has 1 atom stereocenters. The Morgan fingerprint density at radius 3 is 2.64 bits per heavy atom. The minimum Gasteiger partial charge on any atom is -0.493 e. The van der Waals surface area contributed by atoms with Crippen molar-refractivity contribution in [2.75, 3.05) is 6.61 Å². The first kappa shape index (κ1) is 24.4. The second-order valence-electron chi connectivity index (χ2n) is 10.6. The Morgan fingerprint density at radius 2 is 1.94 bits per heavy atom. The van der Waals surface area contributed by atoms with Crippen LogP contribution in [0.2, 0.25) is 0 Å². The SMILES string of the molecule is CCc1ccc2c(-c3ccc4c5c(ccnc35)CCO4)c([C@H](OC(C)(C)C)C(C)=O)c(C)cc2c1F. The van der Waals surface area contributed by atoms with Gasteiger partial charge < -0.3 is 9.47 Å². The predicted octanol–water partition coefficient (Wildman–Crippen LogP) is 7.45. The van der Waals surface area contributed by atoms with Gasteiger partial charge in [-0.1, -0.05) is 19.1 Å². The van der Waals surface area contributed by atoms with Crippen LogP contribution in [0.4, 0.5) is 4.39 Å². The van der Waals surface area contributed by atoms with Crippen LogP contribution in [0.3, 0.4) is 0 Å². The van der Waals surface area contributed by atoms with Crippen LogP contribution in [0.25, 0.3) is 32.8 Å². The molecule has 1 aromatic heterocycles. The van der Waals surface area contributed by atoms with Crippen molar-refractivity contribution in [1.29, 1.82) is 0 Å². The van der Waals surface area contributed by atoms with Crippen LogP contribution < -0.4 is 4.74 Å². The summed E-state index contributed by atoms with van der Waals surface area (Å²) in [5.41, 5.74) is 5.27. The summed E-state index contributed by atoms with van der Waals surface area (Å²) in [6.45, 7) is 11.9. The van der Waals surface area contributed by atoms with Crippen LogP contribution >= 0.6 is 0 Å². The van der Waals surface area contributed by atoms with Gasteiger partial charge in [-0.2, -0.15) is 0 Å². The van der Waals surface area contributed by atoms with Gasteiger partial charge in [0.1, 0.15) is 17.7 Å². The number of ether oxygens (including phenoxy) is 2. The molecule has 4 aromatic rings. The third kappa shape index (κ3) is 4.05. The van der Waals surface area contributed by atoms with E-state index < -0.39 is 11.7 Å². The number of halogens is 1. The highest BCUT2D eigenvalue weighted by atomic mass is 19.1. The molecule has 1 aliphatic rings. The summed E-state index contributed by atoms with van der Waals surface area (Å²) in [6, 6.07) is 11.6. The second kappa shape index (κ2) is 8.97. The van der Waals surface area contributed by atoms with Crippen LogP contribution in [-0.4, -0.2) is 23.0 Å². The standard InChI is InChI=1S/C31H32FNO3/c1-7-19-8-9-21-23(28(19)32)16-17(2)25(30(18(3)34)36-31(4,5)6)27(21)22-10-11-24-26-20(13-15-35-24)12-14-33-29(22)26/h8-12,14,16,30H,7,13,15H2,1-6H3/t30-/m1/s1. The van der Waals surface area contributed by atoms with Gasteiger partial charge in [0.2, 0.25) is 0 Å². The number of Topliss-reactive ketones (excluding diaryl/α,β-unsaturated/α-hetero) is 1. The Balaban J connectivity index is 1.94. The molecule has 0 bridgehead atoms. The summed E-state index contributed by atoms with van der Waals surface area (Å²) in [5.74, 6) is 0.481. The largest absolute Gasteiger partial charge is 0.493 e. The van der Waals surface area contributed by atoms with Crippen molar-refractivity contribution >= 4 is 27.5 Å². The average molecular weight is 486 g/mol. The van der Waals surface area contributed by atoms with Gasteiger partial charge >= 0.3 is 0 Å². The Kier molecular flexibility index (Phi) is 6.08. The van der Waals surface area contributed by atoms with Gasteiger partial charge in [-0.15, -0.1) is 0 Å². The number of carbonyl (C=O) groups is 1. The molecule has 0 unspecified atom stereocenters. The van der Waals surface area contributed by atoms with Crippen molar-refractivity contribution in [1.82, 2.24) is 4.98 Å². The molecule has 0 N–H and O–H groups in total. The molecule has 0 amide bonds. The number of ketones is 1. The Bertz CT molecular complexity index is 1510. The number of nitrogens with zero attached hydrogens (tertiary/aromatic N) is 1. The molecule has 0 radical (unpaired) electrons. The van der Waals surface area contributed by atoms with E-state index in [4.69, 9.17) is 14.5 Å². The second-order valence-corrected chi connectivity index (χ2v) is 10.6. The maximum absolute atomic E-state index is 15.7. The molecular formula is C31H32FNO3. The van der Waals surface area contributed by atoms with E-state index in [0.717, 1.165) is 50.7 Å². The number of benzene rings is 3. The summed E-state index contributed by atoms with van der Waals surface area (Å²) in [7, 11) is 0. The van der Waals surface area contributed by atoms with E-state index in [0.29, 0.717) is 24.0 Å². The third-order valence-electron chi connectivity index (χ3n) is 6.91. The Labute approximate surface area is 211 Å². The smallest absolute Gasteiger partial charge is 0.163 e. The van der Waals surface area contributed by atoms with Gasteiger partial charge in [0.25, 0.3) is 0 Å². The summed E-state index contributed by atoms with van der Waals surface area (Å²) < 4.78 is 28.0. The molecule has 2 heterocycles. The summed E-state index contributed by atoms with van der Waals surface area (Å²) in [5, 5.41) is 2.26. The molecule has 0 spiro atoms. The Hall–Kier alpha value is -3.31. The first-order chi connectivity index (χ1) is 17.1. The van der Waals surface area contributed by atoms with Crippen molar-refractivity contribution in [3.05, 3.63) is 70.7 Å². The number of aryl methyl sites for hydroxylation is 2. The molecule has 1 aliphatic heterocycles. The van der Waals surface area contributed by atoms with E-state index >= 15 is 4.39 Å². The maximum atomic E-state index is 15.7. The van der Waals surface area contributed by atoms with Gasteiger partial charge in [0.05, 0.1) is 17.7 Å². The van der Waals surface area contributed by atoms with Crippen molar-refractivity contribution in [3.63, 3.8) is 0 Å². The fourth-order valence-electron chi connectivity index (χ4n) is 5.34. The lowest BCUT2D eigenvalue weighted by Crippen LogP contribution is -2.27. The van der Waals surface area contributed by atoms with Gasteiger partial charge in [0.15, 0.2) is 5.78 Å². The molecule has 0 fully saturated rings. The van der Waals surface area contributed by atoms with Gasteiger partial charge in [0, 0.05) is 29.0 Å². The van der Waals surface area contributed by atoms with Crippen molar-refractivity contribution in [2.45, 2.75) is 66.1 Å². The molecule has 0 saturated heterocycles. The topological polar surface area (TPSA) is 48.4 Å². The van der Waals surface area contributed by atoms with Crippen LogP contribution in [0.1, 0.15) is 63.0 Å². The molecule has 0 saturated carbocycles. The van der Waals surface area contributed by atoms with Crippen molar-refractivity contribution < 1.29 is 18.7 Å². The van der Waals surface area contributed by atoms with Crippen LogP contribution in [-0.2, 0) is 22.4 Å². The van der Waals surface area contributed by atoms with Crippen LogP contribution in [0.5, 0.6) is 5.75 Å². The van der Waals surface area contributed by atoms with Crippen molar-refractivity contribution in [3.8, 4) is 16.9 Å². The van der Waals surface area contributed by atoms with E-state index in [1.807, 2.05) is 77.2 Å². The maximum Gasteiger partial charge on any atom is 0.163 e. The molecule has 186 valence electrons. The molecule has 3 aromatic carbocycles. The van der Waals surface area contributed by atoms with Gasteiger partial charge in [-0.25, -0.2) is 4.39 Å². The zero-order valence-corrected chi connectivity index (χ0v) is 21.8. The molecule has 5 heteroatoms. The number of rotatable bonds is 5. The Morgan fingerprint density at radius 1 is 1.17 bits per heavy atom. The van der Waals surface area contributed by atoms with Gasteiger partial charge in [-0.3, -0.25) is 9.78 Å². The van der Waals surface area contributed by atoms with E-state index in [-0.39, 0.29) is 11.6 Å². The van der Waals surface area contributed by atoms with Crippen LogP contribution in [0.15, 0.2) is 42.6 Å². The zero-order chi connectivity index (χ0) is 25.8. The van der Waals surface area contributed by atoms with E-state index in [9.17, 15) is 4.79 Å². The van der Waals surface area contributed by atoms with E-state index in [1.54, 1.807) is 6.92 Å². The molecule has 5 rings (SSSR count). The number of hydrogen-bond acceptors (Lipinski definition) is 4. The number of hydrogen-bond donors (Lipinski definition) is 0. The number of pyridine rings is 1. The highest BCUT2D eigenvalue weighted by Crippen LogP contribution is 2.45. The van der Waals surface area contributed by atoms with Gasteiger partial charge in [-0.05, 0) is 98.5 Å². The lowest BCUT2D eigenvalue weighted by molar-refractivity contribution is -0.138. The van der Waals surface area contributed by atoms with E-state index in [2.05, 4.69) is 0 Å². The number of carbonyl (C=O) groups excluding carboxylic acids is 1.